The Hall–Kier alpha value is -5.68. The van der Waals surface area contributed by atoms with Crippen LogP contribution in [-0.4, -0.2) is 123 Å². The SMILES string of the molecule is Cc1ccc(NC(=O)N[C@@H](Cc2cc(F)cc(F)c2)C(=O)N[C@@H]2C(=O)N3CCC[C@H]3C(=O)N3CCCC[C@H]3C(=O)N[C@@H](C)C(=O)N3C[C@H](C)C[C@H]3C(=O)O[C@H]2C)nc1. The van der Waals surface area contributed by atoms with Crippen LogP contribution in [0.15, 0.2) is 36.5 Å². The Bertz CT molecular complexity index is 1910. The number of amides is 7. The van der Waals surface area contributed by atoms with Gasteiger partial charge < -0.3 is 35.4 Å². The van der Waals surface area contributed by atoms with Crippen molar-refractivity contribution in [3.8, 4) is 0 Å². The van der Waals surface area contributed by atoms with Gasteiger partial charge in [0.1, 0.15) is 59.8 Å². The maximum atomic E-state index is 14.7. The van der Waals surface area contributed by atoms with Crippen molar-refractivity contribution in [1.29, 1.82) is 0 Å². The van der Waals surface area contributed by atoms with Crippen molar-refractivity contribution >= 4 is 47.4 Å². The fraction of sp³-hybridized carbons (Fsp3) is 0.550. The van der Waals surface area contributed by atoms with Gasteiger partial charge in [-0.25, -0.2) is 23.4 Å². The third-order valence-electron chi connectivity index (χ3n) is 11.2. The number of ether oxygens (including phenoxy) is 1. The molecule has 2 aromatic rings. The molecule has 7 amide bonds. The number of hydrogen-bond acceptors (Lipinski definition) is 9. The maximum Gasteiger partial charge on any atom is 0.329 e. The van der Waals surface area contributed by atoms with E-state index in [1.54, 1.807) is 13.0 Å². The van der Waals surface area contributed by atoms with Crippen molar-refractivity contribution in [2.45, 2.75) is 115 Å². The predicted molar refractivity (Wildman–Crippen MR) is 203 cm³/mol. The number of hydrogen-bond donors (Lipinski definition) is 4. The van der Waals surface area contributed by atoms with E-state index in [1.165, 1.54) is 40.8 Å². The number of aromatic nitrogens is 1. The van der Waals surface area contributed by atoms with Crippen molar-refractivity contribution in [3.05, 3.63) is 59.3 Å². The molecular formula is C40H50F2N8O8. The van der Waals surface area contributed by atoms with Crippen molar-refractivity contribution in [2.75, 3.05) is 25.0 Å². The molecule has 0 radical (unpaired) electrons. The van der Waals surface area contributed by atoms with Gasteiger partial charge in [-0.05, 0) is 94.5 Å². The van der Waals surface area contributed by atoms with E-state index >= 15 is 0 Å². The number of urea groups is 1. The minimum absolute atomic E-state index is 0.00914. The molecule has 5 heterocycles. The molecule has 6 rings (SSSR count). The Morgan fingerprint density at radius 3 is 2.28 bits per heavy atom. The van der Waals surface area contributed by atoms with Crippen LogP contribution in [-0.2, 0) is 39.9 Å². The Morgan fingerprint density at radius 1 is 0.879 bits per heavy atom. The van der Waals surface area contributed by atoms with Crippen molar-refractivity contribution < 1.29 is 47.1 Å². The second-order valence-electron chi connectivity index (χ2n) is 15.8. The molecule has 0 bridgehead atoms. The number of cyclic esters (lactones) is 1. The van der Waals surface area contributed by atoms with Gasteiger partial charge in [0.15, 0.2) is 0 Å². The summed E-state index contributed by atoms with van der Waals surface area (Å²) in [7, 11) is 0. The monoisotopic (exact) mass is 808 g/mol. The van der Waals surface area contributed by atoms with Crippen LogP contribution in [0.4, 0.5) is 19.4 Å². The Kier molecular flexibility index (Phi) is 12.9. The number of benzene rings is 1. The number of halogens is 2. The van der Waals surface area contributed by atoms with E-state index < -0.39 is 102 Å². The molecule has 4 fully saturated rings. The minimum Gasteiger partial charge on any atom is -0.458 e. The summed E-state index contributed by atoms with van der Waals surface area (Å²) in [5.74, 6) is -5.88. The highest BCUT2D eigenvalue weighted by molar-refractivity contribution is 5.98. The lowest BCUT2D eigenvalue weighted by atomic mass is 9.99. The molecule has 312 valence electrons. The van der Waals surface area contributed by atoms with Gasteiger partial charge >= 0.3 is 12.0 Å². The van der Waals surface area contributed by atoms with E-state index in [0.717, 1.165) is 17.7 Å². The smallest absolute Gasteiger partial charge is 0.329 e. The molecule has 0 spiro atoms. The van der Waals surface area contributed by atoms with E-state index in [1.807, 2.05) is 6.92 Å². The quantitative estimate of drug-likeness (QED) is 0.315. The summed E-state index contributed by atoms with van der Waals surface area (Å²) in [5.41, 5.74) is 0.833. The second kappa shape index (κ2) is 17.9. The van der Waals surface area contributed by atoms with Crippen LogP contribution in [0, 0.1) is 24.5 Å². The average molecular weight is 809 g/mol. The zero-order chi connectivity index (χ0) is 41.8. The molecule has 58 heavy (non-hydrogen) atoms. The summed E-state index contributed by atoms with van der Waals surface area (Å²) < 4.78 is 34.5. The van der Waals surface area contributed by atoms with Crippen molar-refractivity contribution in [2.24, 2.45) is 5.92 Å². The number of nitrogens with zero attached hydrogens (tertiary/aromatic N) is 4. The highest BCUT2D eigenvalue weighted by Gasteiger charge is 2.47. The molecule has 1 aromatic heterocycles. The van der Waals surface area contributed by atoms with Crippen LogP contribution in [0.25, 0.3) is 0 Å². The number of anilines is 1. The number of esters is 1. The van der Waals surface area contributed by atoms with Crippen LogP contribution >= 0.6 is 0 Å². The third-order valence-corrected chi connectivity index (χ3v) is 11.2. The third kappa shape index (κ3) is 9.53. The van der Waals surface area contributed by atoms with Gasteiger partial charge in [0, 0.05) is 38.3 Å². The summed E-state index contributed by atoms with van der Waals surface area (Å²) in [4.78, 5) is 106. The Labute approximate surface area is 334 Å². The lowest BCUT2D eigenvalue weighted by Gasteiger charge is -2.39. The van der Waals surface area contributed by atoms with E-state index in [9.17, 15) is 42.3 Å². The first-order chi connectivity index (χ1) is 27.6. The first kappa shape index (κ1) is 41.9. The molecule has 0 saturated carbocycles. The van der Waals surface area contributed by atoms with Crippen molar-refractivity contribution in [3.63, 3.8) is 0 Å². The van der Waals surface area contributed by atoms with Gasteiger partial charge in [-0.15, -0.1) is 0 Å². The summed E-state index contributed by atoms with van der Waals surface area (Å²) in [6.07, 6.45) is 2.27. The number of pyridine rings is 1. The lowest BCUT2D eigenvalue weighted by Crippen LogP contribution is -2.63. The molecule has 8 atom stereocenters. The van der Waals surface area contributed by atoms with E-state index in [2.05, 4.69) is 26.3 Å². The molecule has 4 N–H and O–H groups in total. The first-order valence-electron chi connectivity index (χ1n) is 19.8. The molecule has 0 unspecified atom stereocenters. The van der Waals surface area contributed by atoms with Crippen LogP contribution in [0.5, 0.6) is 0 Å². The molecule has 4 aliphatic heterocycles. The molecule has 18 heteroatoms. The number of carbonyl (C=O) groups is 7. The standard InChI is InChI=1S/C40H50F2N8O8/c1-21-10-11-32(43-19-21)46-40(57)45-28(17-25-15-26(41)18-27(42)16-25)34(51)47-33-24(4)58-39(56)31-14-22(2)20-50(31)36(53)23(3)44-35(52)29-8-5-6-12-48(29)37(54)30-9-7-13-49(30)38(33)55/h10-11,15-16,18-19,22-24,28-31,33H,5-9,12-14,17,20H2,1-4H3,(H,44,52)(H,47,51)(H2,43,45,46,57)/t22-,23+,24+,28+,29+,30+,31+,33+/m1/s1. The van der Waals surface area contributed by atoms with Crippen LogP contribution < -0.4 is 21.3 Å². The van der Waals surface area contributed by atoms with Crippen LogP contribution in [0.3, 0.4) is 0 Å². The van der Waals surface area contributed by atoms with E-state index in [4.69, 9.17) is 4.74 Å². The number of rotatable bonds is 6. The number of carbonyl (C=O) groups excluding carboxylic acids is 7. The topological polar surface area (TPSA) is 199 Å². The number of aryl methyl sites for hydroxylation is 1. The average Bonchev–Trinajstić information content (AvgIpc) is 3.83. The van der Waals surface area contributed by atoms with Gasteiger partial charge in [0.05, 0.1) is 0 Å². The summed E-state index contributed by atoms with van der Waals surface area (Å²) >= 11 is 0. The zero-order valence-corrected chi connectivity index (χ0v) is 33.0. The largest absolute Gasteiger partial charge is 0.458 e. The normalized spacial score (nSPS) is 27.5. The number of piperidine rings is 1. The van der Waals surface area contributed by atoms with Gasteiger partial charge in [-0.1, -0.05) is 13.0 Å². The van der Waals surface area contributed by atoms with E-state index in [-0.39, 0.29) is 49.8 Å². The fourth-order valence-electron chi connectivity index (χ4n) is 8.25. The first-order valence-corrected chi connectivity index (χ1v) is 19.8. The highest BCUT2D eigenvalue weighted by Crippen LogP contribution is 2.29. The predicted octanol–water partition coefficient (Wildman–Crippen LogP) is 1.94. The van der Waals surface area contributed by atoms with Crippen molar-refractivity contribution in [1.82, 2.24) is 35.6 Å². The number of fused-ring (bicyclic) bond motifs is 3. The lowest BCUT2D eigenvalue weighted by molar-refractivity contribution is -0.163. The molecule has 4 saturated heterocycles. The molecule has 16 nitrogen and oxygen atoms in total. The summed E-state index contributed by atoms with van der Waals surface area (Å²) in [6.45, 7) is 7.15. The summed E-state index contributed by atoms with van der Waals surface area (Å²) in [6, 6.07) is -2.18. The maximum absolute atomic E-state index is 14.7. The zero-order valence-electron chi connectivity index (χ0n) is 33.0. The van der Waals surface area contributed by atoms with Crippen LogP contribution in [0.1, 0.15) is 70.4 Å². The van der Waals surface area contributed by atoms with Gasteiger partial charge in [0.2, 0.25) is 29.5 Å². The Balaban J connectivity index is 1.34. The molecule has 1 aromatic carbocycles. The molecule has 0 aliphatic carbocycles. The van der Waals surface area contributed by atoms with Gasteiger partial charge in [0.25, 0.3) is 0 Å². The molecular weight excluding hydrogens is 758 g/mol. The fourth-order valence-corrected chi connectivity index (χ4v) is 8.25. The van der Waals surface area contributed by atoms with E-state index in [0.29, 0.717) is 31.7 Å². The summed E-state index contributed by atoms with van der Waals surface area (Å²) in [5, 5.41) is 10.4. The van der Waals surface area contributed by atoms with Gasteiger partial charge in [-0.2, -0.15) is 0 Å². The Morgan fingerprint density at radius 2 is 1.57 bits per heavy atom. The minimum atomic E-state index is -1.63. The van der Waals surface area contributed by atoms with Gasteiger partial charge in [-0.3, -0.25) is 29.3 Å². The number of nitrogens with one attached hydrogen (secondary N) is 4. The van der Waals surface area contributed by atoms with Crippen LogP contribution in [0.2, 0.25) is 0 Å². The second-order valence-corrected chi connectivity index (χ2v) is 15.8. The highest BCUT2D eigenvalue weighted by atomic mass is 19.1. The molecule has 4 aliphatic rings.